The minimum atomic E-state index is -0.683. The second kappa shape index (κ2) is 9.38. The maximum Gasteiger partial charge on any atom is 0.353 e. The highest BCUT2D eigenvalue weighted by Crippen LogP contribution is 2.29. The van der Waals surface area contributed by atoms with E-state index in [4.69, 9.17) is 15.2 Å². The molecular weight excluding hydrogens is 306 g/mol. The second-order valence-corrected chi connectivity index (χ2v) is 4.53. The number of carbonyl (C=O) groups is 1. The Labute approximate surface area is 133 Å². The van der Waals surface area contributed by atoms with Crippen molar-refractivity contribution in [1.29, 1.82) is 0 Å². The minimum Gasteiger partial charge on any atom is -0.466 e. The largest absolute Gasteiger partial charge is 0.466 e. The number of unbranched alkanes of at least 4 members (excludes halogenated alkanes) is 1. The lowest BCUT2D eigenvalue weighted by atomic mass is 10.4. The summed E-state index contributed by atoms with van der Waals surface area (Å²) in [5.41, 5.74) is 5.15. The summed E-state index contributed by atoms with van der Waals surface area (Å²) in [6.45, 7) is 4.47. The summed E-state index contributed by atoms with van der Waals surface area (Å²) in [6.07, 6.45) is 1.76. The Bertz CT molecular complexity index is 552. The van der Waals surface area contributed by atoms with Crippen molar-refractivity contribution in [1.82, 2.24) is 9.97 Å². The number of hydrogen-bond donors (Lipinski definition) is 2. The van der Waals surface area contributed by atoms with Crippen LogP contribution < -0.4 is 15.8 Å². The topological polar surface area (TPSA) is 142 Å². The highest BCUT2D eigenvalue weighted by Gasteiger charge is 2.23. The predicted molar refractivity (Wildman–Crippen MR) is 83.2 cm³/mol. The Hall–Kier alpha value is -2.65. The lowest BCUT2D eigenvalue weighted by Crippen LogP contribution is -2.15. The molecule has 1 rings (SSSR count). The van der Waals surface area contributed by atoms with E-state index in [9.17, 15) is 14.9 Å². The molecule has 0 aromatic carbocycles. The van der Waals surface area contributed by atoms with Gasteiger partial charge in [-0.3, -0.25) is 14.9 Å². The van der Waals surface area contributed by atoms with E-state index in [0.717, 1.165) is 12.8 Å². The number of nitrogen functional groups attached to an aromatic ring is 1. The molecule has 10 heteroatoms. The molecule has 0 fully saturated rings. The summed E-state index contributed by atoms with van der Waals surface area (Å²) in [5, 5.41) is 13.8. The van der Waals surface area contributed by atoms with E-state index in [-0.39, 0.29) is 37.2 Å². The van der Waals surface area contributed by atoms with Gasteiger partial charge in [0.1, 0.15) is 0 Å². The Balaban J connectivity index is 2.83. The van der Waals surface area contributed by atoms with E-state index in [1.165, 1.54) is 0 Å². The van der Waals surface area contributed by atoms with E-state index in [2.05, 4.69) is 15.3 Å². The number of carbonyl (C=O) groups excluding carboxylic acids is 1. The molecule has 1 aromatic rings. The van der Waals surface area contributed by atoms with Gasteiger partial charge in [0.2, 0.25) is 11.6 Å². The van der Waals surface area contributed by atoms with Crippen LogP contribution >= 0.6 is 0 Å². The van der Waals surface area contributed by atoms with E-state index in [1.54, 1.807) is 6.92 Å². The fraction of sp³-hybridized carbons (Fsp3) is 0.615. The monoisotopic (exact) mass is 327 g/mol. The van der Waals surface area contributed by atoms with Crippen LogP contribution in [0.15, 0.2) is 0 Å². The van der Waals surface area contributed by atoms with Crippen molar-refractivity contribution in [3.63, 3.8) is 0 Å². The molecule has 0 saturated heterocycles. The van der Waals surface area contributed by atoms with Crippen molar-refractivity contribution in [2.75, 3.05) is 30.8 Å². The fourth-order valence-corrected chi connectivity index (χ4v) is 1.64. The number of nitrogens with one attached hydrogen (secondary N) is 1. The minimum absolute atomic E-state index is 0.0415. The molecule has 0 saturated carbocycles. The molecule has 1 heterocycles. The number of rotatable bonds is 10. The van der Waals surface area contributed by atoms with Gasteiger partial charge in [0.05, 0.1) is 24.6 Å². The van der Waals surface area contributed by atoms with Crippen LogP contribution in [0.5, 0.6) is 6.01 Å². The Morgan fingerprint density at radius 3 is 2.74 bits per heavy atom. The van der Waals surface area contributed by atoms with Crippen molar-refractivity contribution >= 4 is 23.3 Å². The van der Waals surface area contributed by atoms with Crippen LogP contribution in [-0.2, 0) is 9.53 Å². The third-order valence-electron chi connectivity index (χ3n) is 2.73. The van der Waals surface area contributed by atoms with Gasteiger partial charge in [-0.1, -0.05) is 13.3 Å². The first-order valence-corrected chi connectivity index (χ1v) is 7.33. The van der Waals surface area contributed by atoms with E-state index in [0.29, 0.717) is 6.61 Å². The zero-order valence-electron chi connectivity index (χ0n) is 13.2. The van der Waals surface area contributed by atoms with Gasteiger partial charge in [0.25, 0.3) is 0 Å². The Kier molecular flexibility index (Phi) is 7.51. The van der Waals surface area contributed by atoms with E-state index < -0.39 is 16.6 Å². The lowest BCUT2D eigenvalue weighted by Gasteiger charge is -2.09. The summed E-state index contributed by atoms with van der Waals surface area (Å²) in [7, 11) is 0. The maximum atomic E-state index is 11.3. The number of anilines is 2. The molecule has 0 bridgehead atoms. The SMILES string of the molecule is CCCCOc1nc(N)c([N+](=O)[O-])c(NCCC(=O)OCC)n1. The summed E-state index contributed by atoms with van der Waals surface area (Å²) in [4.78, 5) is 29.4. The van der Waals surface area contributed by atoms with Gasteiger partial charge in [-0.2, -0.15) is 9.97 Å². The van der Waals surface area contributed by atoms with Gasteiger partial charge >= 0.3 is 17.7 Å². The number of ether oxygens (including phenoxy) is 2. The number of nitrogens with zero attached hydrogens (tertiary/aromatic N) is 3. The molecule has 10 nitrogen and oxygen atoms in total. The smallest absolute Gasteiger partial charge is 0.353 e. The summed E-state index contributed by atoms with van der Waals surface area (Å²) in [6, 6.07) is -0.0415. The average Bonchev–Trinajstić information content (AvgIpc) is 2.47. The third-order valence-corrected chi connectivity index (χ3v) is 2.73. The molecule has 0 amide bonds. The van der Waals surface area contributed by atoms with Crippen LogP contribution in [0.4, 0.5) is 17.3 Å². The van der Waals surface area contributed by atoms with Crippen LogP contribution in [0.25, 0.3) is 0 Å². The standard InChI is InChI=1S/C13H21N5O5/c1-3-5-8-23-13-16-11(14)10(18(20)21)12(17-13)15-7-6-9(19)22-4-2/h3-8H2,1-2H3,(H3,14,15,16,17). The molecule has 0 aliphatic heterocycles. The summed E-state index contributed by atoms with van der Waals surface area (Å²) < 4.78 is 10.1. The van der Waals surface area contributed by atoms with E-state index >= 15 is 0 Å². The molecule has 0 aliphatic carbocycles. The first-order chi connectivity index (χ1) is 11.0. The van der Waals surface area contributed by atoms with Gasteiger partial charge in [-0.05, 0) is 13.3 Å². The van der Waals surface area contributed by atoms with Crippen LogP contribution in [0, 0.1) is 10.1 Å². The number of esters is 1. The molecule has 0 radical (unpaired) electrons. The van der Waals surface area contributed by atoms with Crippen LogP contribution in [0.1, 0.15) is 33.1 Å². The Morgan fingerprint density at radius 1 is 1.39 bits per heavy atom. The van der Waals surface area contributed by atoms with Crippen molar-refractivity contribution in [2.24, 2.45) is 0 Å². The number of nitrogens with two attached hydrogens (primary N) is 1. The quantitative estimate of drug-likeness (QED) is 0.283. The van der Waals surface area contributed by atoms with Crippen molar-refractivity contribution in [2.45, 2.75) is 33.1 Å². The van der Waals surface area contributed by atoms with Crippen molar-refractivity contribution < 1.29 is 19.2 Å². The van der Waals surface area contributed by atoms with Crippen molar-refractivity contribution in [3.05, 3.63) is 10.1 Å². The van der Waals surface area contributed by atoms with Crippen molar-refractivity contribution in [3.8, 4) is 6.01 Å². The van der Waals surface area contributed by atoms with Gasteiger partial charge < -0.3 is 20.5 Å². The highest BCUT2D eigenvalue weighted by molar-refractivity contribution is 5.71. The third kappa shape index (κ3) is 5.93. The molecule has 0 spiro atoms. The molecule has 23 heavy (non-hydrogen) atoms. The number of nitro groups is 1. The average molecular weight is 327 g/mol. The van der Waals surface area contributed by atoms with Crippen LogP contribution in [0.3, 0.4) is 0 Å². The zero-order chi connectivity index (χ0) is 17.2. The number of hydrogen-bond acceptors (Lipinski definition) is 9. The van der Waals surface area contributed by atoms with Crippen LogP contribution in [-0.4, -0.2) is 40.6 Å². The number of aromatic nitrogens is 2. The molecule has 1 aromatic heterocycles. The zero-order valence-corrected chi connectivity index (χ0v) is 13.2. The summed E-state index contributed by atoms with van der Waals surface area (Å²) in [5.74, 6) is -0.794. The first-order valence-electron chi connectivity index (χ1n) is 7.33. The summed E-state index contributed by atoms with van der Waals surface area (Å²) >= 11 is 0. The molecule has 0 unspecified atom stereocenters. The predicted octanol–water partition coefficient (Wildman–Crippen LogP) is 1.51. The molecule has 0 aliphatic rings. The molecule has 3 N–H and O–H groups in total. The van der Waals surface area contributed by atoms with Gasteiger partial charge in [-0.15, -0.1) is 0 Å². The normalized spacial score (nSPS) is 10.2. The molecular formula is C13H21N5O5. The van der Waals surface area contributed by atoms with Gasteiger partial charge in [0, 0.05) is 6.54 Å². The second-order valence-electron chi connectivity index (χ2n) is 4.53. The van der Waals surface area contributed by atoms with Gasteiger partial charge in [0.15, 0.2) is 0 Å². The lowest BCUT2D eigenvalue weighted by molar-refractivity contribution is -0.383. The molecule has 128 valence electrons. The first kappa shape index (κ1) is 18.4. The van der Waals surface area contributed by atoms with E-state index in [1.807, 2.05) is 6.92 Å². The molecule has 0 atom stereocenters. The van der Waals surface area contributed by atoms with Crippen LogP contribution in [0.2, 0.25) is 0 Å². The Morgan fingerprint density at radius 2 is 2.13 bits per heavy atom. The highest BCUT2D eigenvalue weighted by atomic mass is 16.6. The maximum absolute atomic E-state index is 11.3. The van der Waals surface area contributed by atoms with Gasteiger partial charge in [-0.25, -0.2) is 0 Å². The fourth-order valence-electron chi connectivity index (χ4n) is 1.64.